The molecule has 0 radical (unpaired) electrons. The molecule has 4 rings (SSSR count). The largest absolute Gasteiger partial charge is 0.422 e. The Kier molecular flexibility index (Phi) is 7.43. The van der Waals surface area contributed by atoms with Crippen molar-refractivity contribution in [1.82, 2.24) is 0 Å². The van der Waals surface area contributed by atoms with Gasteiger partial charge in [0.2, 0.25) is 11.8 Å². The highest BCUT2D eigenvalue weighted by molar-refractivity contribution is 6.12. The van der Waals surface area contributed by atoms with E-state index in [0.717, 1.165) is 0 Å². The van der Waals surface area contributed by atoms with E-state index in [4.69, 9.17) is 9.47 Å². The number of Topliss-reactive ketones (excluding diaryl/α,β-unsaturated/α-hetero) is 2. The number of ether oxygens (including phenoxy) is 2. The van der Waals surface area contributed by atoms with Gasteiger partial charge in [-0.25, -0.2) is 9.59 Å². The molecule has 2 aromatic rings. The number of cyclic esters (lactones) is 2. The molecule has 2 heterocycles. The van der Waals surface area contributed by atoms with Crippen LogP contribution in [0, 0.1) is 0 Å². The molecule has 0 spiro atoms. The number of ketones is 2. The first-order chi connectivity index (χ1) is 18.1. The highest BCUT2D eigenvalue weighted by Gasteiger charge is 2.32. The first-order valence-corrected chi connectivity index (χ1v) is 11.5. The lowest BCUT2D eigenvalue weighted by Gasteiger charge is -2.06. The van der Waals surface area contributed by atoms with Gasteiger partial charge in [-0.1, -0.05) is 0 Å². The summed E-state index contributed by atoms with van der Waals surface area (Å²) in [4.78, 5) is 70.7. The monoisotopic (exact) mass is 514 g/mol. The summed E-state index contributed by atoms with van der Waals surface area (Å²) >= 11 is 0. The molecule has 0 saturated carbocycles. The summed E-state index contributed by atoms with van der Waals surface area (Å²) in [6, 6.07) is 12.9. The number of anilines is 2. The predicted molar refractivity (Wildman–Crippen MR) is 136 cm³/mol. The lowest BCUT2D eigenvalue weighted by atomic mass is 10.1. The highest BCUT2D eigenvalue weighted by atomic mass is 16.5. The van der Waals surface area contributed by atoms with E-state index in [9.17, 15) is 28.8 Å². The second kappa shape index (κ2) is 10.9. The molecule has 2 aromatic carbocycles. The number of nitrogens with one attached hydrogen (secondary N) is 2. The molecule has 2 aliphatic rings. The Morgan fingerprint density at radius 2 is 0.947 bits per heavy atom. The summed E-state index contributed by atoms with van der Waals surface area (Å²) in [6.07, 6.45) is 2.43. The minimum Gasteiger partial charge on any atom is -0.422 e. The van der Waals surface area contributed by atoms with E-state index < -0.39 is 23.8 Å². The number of carbonyl (C=O) groups is 6. The fourth-order valence-electron chi connectivity index (χ4n) is 3.71. The summed E-state index contributed by atoms with van der Waals surface area (Å²) in [5.74, 6) is -2.36. The number of hydrogen-bond acceptors (Lipinski definition) is 8. The summed E-state index contributed by atoms with van der Waals surface area (Å²) in [5, 5.41) is 5.20. The van der Waals surface area contributed by atoms with Gasteiger partial charge in [-0.15, -0.1) is 0 Å². The van der Waals surface area contributed by atoms with Crippen LogP contribution in [0.25, 0.3) is 11.5 Å². The zero-order valence-corrected chi connectivity index (χ0v) is 20.5. The van der Waals surface area contributed by atoms with E-state index in [0.29, 0.717) is 22.5 Å². The molecular formula is C28H22N2O8. The van der Waals surface area contributed by atoms with Gasteiger partial charge in [-0.2, -0.15) is 0 Å². The van der Waals surface area contributed by atoms with Crippen molar-refractivity contribution in [3.8, 4) is 0 Å². The van der Waals surface area contributed by atoms with Crippen LogP contribution in [0.4, 0.5) is 11.4 Å². The highest BCUT2D eigenvalue weighted by Crippen LogP contribution is 2.34. The van der Waals surface area contributed by atoms with Gasteiger partial charge in [0, 0.05) is 22.5 Å². The van der Waals surface area contributed by atoms with Crippen LogP contribution in [0.3, 0.4) is 0 Å². The first kappa shape index (κ1) is 26.0. The van der Waals surface area contributed by atoms with Gasteiger partial charge >= 0.3 is 11.9 Å². The zero-order valence-electron chi connectivity index (χ0n) is 20.5. The zero-order chi connectivity index (χ0) is 27.4. The average molecular weight is 514 g/mol. The van der Waals surface area contributed by atoms with E-state index in [1.54, 1.807) is 48.5 Å². The quantitative estimate of drug-likeness (QED) is 0.310. The smallest absolute Gasteiger partial charge is 0.344 e. The van der Waals surface area contributed by atoms with Gasteiger partial charge in [0.25, 0.3) is 0 Å². The number of hydrogen-bond donors (Lipinski definition) is 2. The number of amides is 2. The van der Waals surface area contributed by atoms with Gasteiger partial charge in [-0.3, -0.25) is 19.2 Å². The maximum atomic E-state index is 12.6. The van der Waals surface area contributed by atoms with Gasteiger partial charge in [-0.05, 0) is 74.5 Å². The summed E-state index contributed by atoms with van der Waals surface area (Å²) in [5.41, 5.74) is 2.09. The molecule has 2 aliphatic heterocycles. The molecule has 10 heteroatoms. The third kappa shape index (κ3) is 6.16. The summed E-state index contributed by atoms with van der Waals surface area (Å²) < 4.78 is 10.7. The fraction of sp³-hybridized carbons (Fsp3) is 0.143. The number of benzene rings is 2. The van der Waals surface area contributed by atoms with Crippen LogP contribution in [0.2, 0.25) is 0 Å². The normalized spacial score (nSPS) is 16.3. The first-order valence-electron chi connectivity index (χ1n) is 11.5. The SMILES string of the molecule is CC(=O)CC(=O)Nc1ccc(C2=C/C(=C3\C=C(c4ccc(NC(=O)CC(C)=O)cc4)OC3=O)C(=O)O2)cc1. The van der Waals surface area contributed by atoms with Crippen LogP contribution in [0.15, 0.2) is 71.8 Å². The van der Waals surface area contributed by atoms with Gasteiger partial charge in [0.05, 0.1) is 24.0 Å². The molecule has 10 nitrogen and oxygen atoms in total. The maximum Gasteiger partial charge on any atom is 0.344 e. The molecule has 192 valence electrons. The Balaban J connectivity index is 1.50. The lowest BCUT2D eigenvalue weighted by molar-refractivity contribution is -0.133. The second-order valence-corrected chi connectivity index (χ2v) is 8.63. The van der Waals surface area contributed by atoms with E-state index in [-0.39, 0.29) is 47.1 Å². The van der Waals surface area contributed by atoms with Crippen molar-refractivity contribution in [2.24, 2.45) is 0 Å². The van der Waals surface area contributed by atoms with Crippen molar-refractivity contribution < 1.29 is 38.2 Å². The van der Waals surface area contributed by atoms with Crippen molar-refractivity contribution in [1.29, 1.82) is 0 Å². The van der Waals surface area contributed by atoms with Crippen LogP contribution >= 0.6 is 0 Å². The third-order valence-corrected chi connectivity index (χ3v) is 5.41. The lowest BCUT2D eigenvalue weighted by Crippen LogP contribution is -2.14. The van der Waals surface area contributed by atoms with Crippen LogP contribution in [0.1, 0.15) is 37.8 Å². The number of carbonyl (C=O) groups excluding carboxylic acids is 6. The topological polar surface area (TPSA) is 145 Å². The molecule has 0 bridgehead atoms. The molecule has 0 aliphatic carbocycles. The van der Waals surface area contributed by atoms with Crippen LogP contribution < -0.4 is 10.6 Å². The van der Waals surface area contributed by atoms with Crippen molar-refractivity contribution in [3.05, 3.63) is 83.0 Å². The molecule has 2 amide bonds. The van der Waals surface area contributed by atoms with Crippen molar-refractivity contribution in [2.75, 3.05) is 10.6 Å². The molecular weight excluding hydrogens is 492 g/mol. The minimum atomic E-state index is -0.716. The molecule has 0 aromatic heterocycles. The van der Waals surface area contributed by atoms with Crippen LogP contribution in [-0.2, 0) is 38.2 Å². The molecule has 38 heavy (non-hydrogen) atoms. The van der Waals surface area contributed by atoms with Crippen LogP contribution in [-0.4, -0.2) is 35.3 Å². The van der Waals surface area contributed by atoms with Gasteiger partial charge in [0.1, 0.15) is 23.1 Å². The molecule has 2 N–H and O–H groups in total. The number of rotatable bonds is 8. The Bertz CT molecular complexity index is 1350. The minimum absolute atomic E-state index is 0.0342. The molecule has 0 unspecified atom stereocenters. The van der Waals surface area contributed by atoms with Crippen molar-refractivity contribution >= 4 is 58.2 Å². The maximum absolute atomic E-state index is 12.6. The van der Waals surface area contributed by atoms with Gasteiger partial charge < -0.3 is 20.1 Å². The van der Waals surface area contributed by atoms with E-state index in [2.05, 4.69) is 10.6 Å². The third-order valence-electron chi connectivity index (χ3n) is 5.41. The average Bonchev–Trinajstić information content (AvgIpc) is 3.41. The van der Waals surface area contributed by atoms with E-state index >= 15 is 0 Å². The van der Waals surface area contributed by atoms with E-state index in [1.165, 1.54) is 26.0 Å². The Morgan fingerprint density at radius 3 is 1.26 bits per heavy atom. The Labute approximate surface area is 217 Å². The van der Waals surface area contributed by atoms with Crippen LogP contribution in [0.5, 0.6) is 0 Å². The van der Waals surface area contributed by atoms with E-state index in [1.807, 2.05) is 0 Å². The Morgan fingerprint density at radius 1 is 0.605 bits per heavy atom. The molecule has 0 fully saturated rings. The van der Waals surface area contributed by atoms with Crippen molar-refractivity contribution in [2.45, 2.75) is 26.7 Å². The fourth-order valence-corrected chi connectivity index (χ4v) is 3.71. The molecule has 0 atom stereocenters. The molecule has 0 saturated heterocycles. The standard InChI is InChI=1S/C28H22N2O8/c1-15(31)11-25(33)29-19-7-3-17(4-8-19)23-13-21(27(35)37-23)22-14-24(38-28(22)36)18-5-9-20(10-6-18)30-26(34)12-16(2)32/h3-10,13-14H,11-12H2,1-2H3,(H,29,33)(H,30,34)/b22-21-. The number of esters is 2. The van der Waals surface area contributed by atoms with Crippen molar-refractivity contribution in [3.63, 3.8) is 0 Å². The second-order valence-electron chi connectivity index (χ2n) is 8.63. The summed E-state index contributed by atoms with van der Waals surface area (Å²) in [6.45, 7) is 2.65. The summed E-state index contributed by atoms with van der Waals surface area (Å²) in [7, 11) is 0. The Hall–Kier alpha value is -5.12. The predicted octanol–water partition coefficient (Wildman–Crippen LogP) is 3.31. The van der Waals surface area contributed by atoms with Gasteiger partial charge in [0.15, 0.2) is 0 Å².